The minimum atomic E-state index is -0.360. The lowest BCUT2D eigenvalue weighted by Gasteiger charge is -2.08. The van der Waals surface area contributed by atoms with Gasteiger partial charge in [0.2, 0.25) is 0 Å². The van der Waals surface area contributed by atoms with Gasteiger partial charge in [0.25, 0.3) is 11.8 Å². The van der Waals surface area contributed by atoms with Crippen LogP contribution in [0.1, 0.15) is 31.8 Å². The molecule has 3 rings (SSSR count). The van der Waals surface area contributed by atoms with Crippen LogP contribution in [-0.2, 0) is 0 Å². The number of amides is 2. The Hall–Kier alpha value is -3.99. The van der Waals surface area contributed by atoms with Crippen LogP contribution in [0.15, 0.2) is 90.0 Å². The van der Waals surface area contributed by atoms with Crippen molar-refractivity contribution in [3.05, 3.63) is 107 Å². The van der Waals surface area contributed by atoms with Crippen LogP contribution in [-0.4, -0.2) is 18.0 Å². The number of hydrogen-bond acceptors (Lipinski definition) is 3. The Bertz CT molecular complexity index is 1060. The smallest absolute Gasteiger partial charge is 0.271 e. The molecule has 0 fully saturated rings. The molecule has 3 aromatic carbocycles. The Morgan fingerprint density at radius 1 is 0.862 bits per heavy atom. The maximum atomic E-state index is 12.4. The molecule has 0 saturated heterocycles. The highest BCUT2D eigenvalue weighted by Gasteiger charge is 2.10. The Morgan fingerprint density at radius 3 is 2.41 bits per heavy atom. The van der Waals surface area contributed by atoms with Gasteiger partial charge in [-0.25, -0.2) is 5.43 Å². The topological polar surface area (TPSA) is 70.6 Å². The molecule has 2 amide bonds. The number of hydrogen-bond donors (Lipinski definition) is 2. The molecule has 0 saturated carbocycles. The lowest BCUT2D eigenvalue weighted by atomic mass is 10.1. The first-order valence-corrected chi connectivity index (χ1v) is 9.15. The molecule has 0 heterocycles. The van der Waals surface area contributed by atoms with Gasteiger partial charge in [0.15, 0.2) is 0 Å². The van der Waals surface area contributed by atoms with Crippen molar-refractivity contribution in [2.24, 2.45) is 5.10 Å². The fourth-order valence-electron chi connectivity index (χ4n) is 2.69. The van der Waals surface area contributed by atoms with E-state index in [9.17, 15) is 9.59 Å². The molecule has 0 aromatic heterocycles. The van der Waals surface area contributed by atoms with Crippen LogP contribution in [0.3, 0.4) is 0 Å². The maximum absolute atomic E-state index is 12.4. The molecular weight excluding hydrogens is 362 g/mol. The number of carbonyl (C=O) groups is 2. The lowest BCUT2D eigenvalue weighted by Crippen LogP contribution is -2.18. The van der Waals surface area contributed by atoms with E-state index in [0.717, 1.165) is 11.1 Å². The fraction of sp³-hybridized carbons (Fsp3) is 0.0417. The van der Waals surface area contributed by atoms with Gasteiger partial charge in [-0.3, -0.25) is 9.59 Å². The van der Waals surface area contributed by atoms with Gasteiger partial charge >= 0.3 is 0 Å². The summed E-state index contributed by atoms with van der Waals surface area (Å²) in [5.74, 6) is -0.578. The summed E-state index contributed by atoms with van der Waals surface area (Å²) in [5, 5.41) is 6.73. The van der Waals surface area contributed by atoms with Crippen LogP contribution in [0.2, 0.25) is 0 Å². The zero-order chi connectivity index (χ0) is 20.5. The van der Waals surface area contributed by atoms with Gasteiger partial charge < -0.3 is 5.32 Å². The van der Waals surface area contributed by atoms with E-state index in [0.29, 0.717) is 16.8 Å². The maximum Gasteiger partial charge on any atom is 0.271 e. The Balaban J connectivity index is 1.59. The number of nitrogens with zero attached hydrogens (tertiary/aromatic N) is 1. The van der Waals surface area contributed by atoms with Gasteiger partial charge in [0.1, 0.15) is 0 Å². The third-order valence-electron chi connectivity index (χ3n) is 4.19. The molecular formula is C24H21N3O2. The van der Waals surface area contributed by atoms with Gasteiger partial charge in [-0.2, -0.15) is 5.10 Å². The summed E-state index contributed by atoms with van der Waals surface area (Å²) < 4.78 is 0. The normalized spacial score (nSPS) is 10.9. The van der Waals surface area contributed by atoms with Crippen molar-refractivity contribution in [3.63, 3.8) is 0 Å². The number of carbonyl (C=O) groups excluding carboxylic acids is 2. The van der Waals surface area contributed by atoms with Gasteiger partial charge in [-0.1, -0.05) is 60.7 Å². The Kier molecular flexibility index (Phi) is 6.68. The summed E-state index contributed by atoms with van der Waals surface area (Å²) in [5.41, 5.74) is 5.94. The van der Waals surface area contributed by atoms with E-state index in [1.54, 1.807) is 36.4 Å². The van der Waals surface area contributed by atoms with Crippen LogP contribution >= 0.6 is 0 Å². The zero-order valence-corrected chi connectivity index (χ0v) is 16.0. The monoisotopic (exact) mass is 383 g/mol. The summed E-state index contributed by atoms with van der Waals surface area (Å²) in [7, 11) is 0. The number of nitrogens with one attached hydrogen (secondary N) is 2. The van der Waals surface area contributed by atoms with Crippen LogP contribution < -0.4 is 10.7 Å². The molecule has 0 radical (unpaired) electrons. The average molecular weight is 383 g/mol. The van der Waals surface area contributed by atoms with Crippen LogP contribution in [0.5, 0.6) is 0 Å². The van der Waals surface area contributed by atoms with E-state index in [1.165, 1.54) is 6.21 Å². The second kappa shape index (κ2) is 9.80. The highest BCUT2D eigenvalue weighted by molar-refractivity contribution is 6.06. The van der Waals surface area contributed by atoms with Crippen molar-refractivity contribution in [1.29, 1.82) is 0 Å². The molecule has 3 aromatic rings. The lowest BCUT2D eigenvalue weighted by molar-refractivity contribution is 0.0953. The standard InChI is InChI=1S/C24H21N3O2/c1-18-9-5-6-15-22(18)24(29)26-21-14-7-13-20(17-21)23(28)27-25-16-8-12-19-10-3-2-4-11-19/h2-17H,1H3,(H,26,29)(H,27,28)/b12-8+,25-16-. The van der Waals surface area contributed by atoms with Gasteiger partial charge in [0, 0.05) is 23.0 Å². The van der Waals surface area contributed by atoms with E-state index in [1.807, 2.05) is 61.5 Å². The molecule has 0 bridgehead atoms. The molecule has 0 unspecified atom stereocenters. The first-order valence-electron chi connectivity index (χ1n) is 9.15. The summed E-state index contributed by atoms with van der Waals surface area (Å²) in [6.07, 6.45) is 5.14. The summed E-state index contributed by atoms with van der Waals surface area (Å²) >= 11 is 0. The van der Waals surface area contributed by atoms with Crippen molar-refractivity contribution in [2.45, 2.75) is 6.92 Å². The van der Waals surface area contributed by atoms with Crippen molar-refractivity contribution >= 4 is 29.8 Å². The molecule has 144 valence electrons. The van der Waals surface area contributed by atoms with E-state index in [4.69, 9.17) is 0 Å². The molecule has 5 heteroatoms. The van der Waals surface area contributed by atoms with Crippen molar-refractivity contribution in [3.8, 4) is 0 Å². The molecule has 0 aliphatic carbocycles. The van der Waals surface area contributed by atoms with Crippen molar-refractivity contribution < 1.29 is 9.59 Å². The highest BCUT2D eigenvalue weighted by Crippen LogP contribution is 2.14. The SMILES string of the molecule is Cc1ccccc1C(=O)Nc1cccc(C(=O)N/N=C\C=C\c2ccccc2)c1. The second-order valence-electron chi connectivity index (χ2n) is 6.34. The summed E-state index contributed by atoms with van der Waals surface area (Å²) in [6, 6.07) is 23.8. The van der Waals surface area contributed by atoms with Crippen LogP contribution in [0.25, 0.3) is 6.08 Å². The van der Waals surface area contributed by atoms with Gasteiger partial charge in [-0.15, -0.1) is 0 Å². The van der Waals surface area contributed by atoms with E-state index < -0.39 is 0 Å². The largest absolute Gasteiger partial charge is 0.322 e. The molecule has 0 aliphatic heterocycles. The fourth-order valence-corrected chi connectivity index (χ4v) is 2.69. The van der Waals surface area contributed by atoms with Crippen LogP contribution in [0.4, 0.5) is 5.69 Å². The van der Waals surface area contributed by atoms with Crippen molar-refractivity contribution in [1.82, 2.24) is 5.43 Å². The van der Waals surface area contributed by atoms with Gasteiger partial charge in [-0.05, 0) is 48.4 Å². The zero-order valence-electron chi connectivity index (χ0n) is 16.0. The van der Waals surface area contributed by atoms with Crippen LogP contribution in [0, 0.1) is 6.92 Å². The van der Waals surface area contributed by atoms with E-state index in [2.05, 4.69) is 15.8 Å². The molecule has 29 heavy (non-hydrogen) atoms. The highest BCUT2D eigenvalue weighted by atomic mass is 16.2. The van der Waals surface area contributed by atoms with Gasteiger partial charge in [0.05, 0.1) is 0 Å². The van der Waals surface area contributed by atoms with Crippen molar-refractivity contribution in [2.75, 3.05) is 5.32 Å². The molecule has 0 atom stereocenters. The molecule has 2 N–H and O–H groups in total. The van der Waals surface area contributed by atoms with E-state index in [-0.39, 0.29) is 11.8 Å². The first kappa shape index (κ1) is 19.8. The number of anilines is 1. The third-order valence-corrected chi connectivity index (χ3v) is 4.19. The summed E-state index contributed by atoms with van der Waals surface area (Å²) in [4.78, 5) is 24.7. The Labute approximate surface area is 169 Å². The number of aryl methyl sites for hydroxylation is 1. The average Bonchev–Trinajstić information content (AvgIpc) is 2.74. The minimum Gasteiger partial charge on any atom is -0.322 e. The number of rotatable bonds is 6. The minimum absolute atomic E-state index is 0.218. The number of allylic oxidation sites excluding steroid dienone is 1. The second-order valence-corrected chi connectivity index (χ2v) is 6.34. The summed E-state index contributed by atoms with van der Waals surface area (Å²) in [6.45, 7) is 1.88. The molecule has 5 nitrogen and oxygen atoms in total. The quantitative estimate of drug-likeness (QED) is 0.479. The number of hydrazone groups is 1. The first-order chi connectivity index (χ1) is 14.1. The molecule has 0 spiro atoms. The predicted molar refractivity (Wildman–Crippen MR) is 117 cm³/mol. The molecule has 0 aliphatic rings. The Morgan fingerprint density at radius 2 is 1.62 bits per heavy atom. The van der Waals surface area contributed by atoms with E-state index >= 15 is 0 Å². The third kappa shape index (κ3) is 5.74. The number of benzene rings is 3. The predicted octanol–water partition coefficient (Wildman–Crippen LogP) is 4.68.